The molecule has 4 nitrogen and oxygen atoms in total. The molecule has 1 fully saturated rings. The Hall–Kier alpha value is -0.900. The van der Waals surface area contributed by atoms with Crippen molar-refractivity contribution in [3.05, 3.63) is 0 Å². The Kier molecular flexibility index (Phi) is 18.5. The molecule has 1 amide bonds. The first-order chi connectivity index (χ1) is 10.9. The molecule has 0 aromatic carbocycles. The Morgan fingerprint density at radius 1 is 1.13 bits per heavy atom. The van der Waals surface area contributed by atoms with Crippen LogP contribution in [-0.4, -0.2) is 31.8 Å². The minimum absolute atomic E-state index is 0.167. The first kappa shape index (κ1) is 24.4. The van der Waals surface area contributed by atoms with Crippen LogP contribution in [0.15, 0.2) is 0 Å². The van der Waals surface area contributed by atoms with E-state index < -0.39 is 0 Å². The van der Waals surface area contributed by atoms with Crippen molar-refractivity contribution in [2.24, 2.45) is 11.8 Å². The summed E-state index contributed by atoms with van der Waals surface area (Å²) in [5, 5.41) is 5.75. The van der Waals surface area contributed by atoms with Gasteiger partial charge in [-0.25, -0.2) is 0 Å². The largest absolute Gasteiger partial charge is 0.359 e. The van der Waals surface area contributed by atoms with E-state index in [1.807, 2.05) is 6.92 Å². The van der Waals surface area contributed by atoms with Crippen molar-refractivity contribution in [1.82, 2.24) is 10.6 Å². The molecular formula is C19H40N2O2. The number of rotatable bonds is 7. The van der Waals surface area contributed by atoms with Gasteiger partial charge in [-0.3, -0.25) is 9.59 Å². The molecule has 0 spiro atoms. The smallest absolute Gasteiger partial charge is 0.224 e. The molecule has 0 bridgehead atoms. The minimum atomic E-state index is 0.167. The summed E-state index contributed by atoms with van der Waals surface area (Å²) in [5.41, 5.74) is 0. The van der Waals surface area contributed by atoms with Crippen molar-refractivity contribution in [3.63, 3.8) is 0 Å². The third-order valence-electron chi connectivity index (χ3n) is 3.55. The summed E-state index contributed by atoms with van der Waals surface area (Å²) in [6, 6.07) is 0. The van der Waals surface area contributed by atoms with Crippen LogP contribution < -0.4 is 10.6 Å². The van der Waals surface area contributed by atoms with Crippen LogP contribution in [0.3, 0.4) is 0 Å². The molecule has 1 aliphatic heterocycles. The van der Waals surface area contributed by atoms with E-state index in [2.05, 4.69) is 38.3 Å². The second kappa shape index (κ2) is 17.5. The molecule has 1 atom stereocenters. The van der Waals surface area contributed by atoms with E-state index in [9.17, 15) is 9.59 Å². The van der Waals surface area contributed by atoms with E-state index in [0.717, 1.165) is 38.8 Å². The molecule has 2 N–H and O–H groups in total. The van der Waals surface area contributed by atoms with Crippen molar-refractivity contribution in [3.8, 4) is 0 Å². The first-order valence-corrected chi connectivity index (χ1v) is 9.36. The van der Waals surface area contributed by atoms with E-state index in [4.69, 9.17) is 0 Å². The number of ketones is 1. The Morgan fingerprint density at radius 2 is 1.74 bits per heavy atom. The Labute approximate surface area is 144 Å². The summed E-state index contributed by atoms with van der Waals surface area (Å²) >= 11 is 0. The lowest BCUT2D eigenvalue weighted by atomic mass is 10.0. The highest BCUT2D eigenvalue weighted by atomic mass is 16.1. The normalized spacial score (nSPS) is 16.0. The average molecular weight is 329 g/mol. The van der Waals surface area contributed by atoms with Crippen LogP contribution in [0.25, 0.3) is 0 Å². The molecule has 0 aromatic heterocycles. The van der Waals surface area contributed by atoms with Gasteiger partial charge < -0.3 is 10.6 Å². The van der Waals surface area contributed by atoms with Crippen molar-refractivity contribution in [1.29, 1.82) is 0 Å². The summed E-state index contributed by atoms with van der Waals surface area (Å²) in [6.45, 7) is 12.4. The van der Waals surface area contributed by atoms with Gasteiger partial charge in [-0.15, -0.1) is 0 Å². The van der Waals surface area contributed by atoms with Gasteiger partial charge in [0.05, 0.1) is 5.92 Å². The fraction of sp³-hybridized carbons (Fsp3) is 0.895. The molecule has 1 rings (SSSR count). The molecule has 1 saturated heterocycles. The maximum Gasteiger partial charge on any atom is 0.224 e. The molecule has 0 saturated carbocycles. The van der Waals surface area contributed by atoms with E-state index in [1.165, 1.54) is 19.3 Å². The van der Waals surface area contributed by atoms with Gasteiger partial charge in [0.2, 0.25) is 5.91 Å². The van der Waals surface area contributed by atoms with Gasteiger partial charge in [0.25, 0.3) is 0 Å². The zero-order valence-corrected chi connectivity index (χ0v) is 16.3. The summed E-state index contributed by atoms with van der Waals surface area (Å²) in [5.74, 6) is 1.33. The van der Waals surface area contributed by atoms with Crippen molar-refractivity contribution < 1.29 is 9.59 Å². The van der Waals surface area contributed by atoms with Crippen LogP contribution in [0.1, 0.15) is 79.6 Å². The number of Topliss-reactive ketones (excluding diaryl/α,β-unsaturated/α-hetero) is 1. The van der Waals surface area contributed by atoms with Gasteiger partial charge in [-0.2, -0.15) is 0 Å². The van der Waals surface area contributed by atoms with Crippen molar-refractivity contribution in [2.45, 2.75) is 79.6 Å². The summed E-state index contributed by atoms with van der Waals surface area (Å²) in [4.78, 5) is 21.7. The van der Waals surface area contributed by atoms with Gasteiger partial charge in [0, 0.05) is 26.4 Å². The predicted octanol–water partition coefficient (Wildman–Crippen LogP) is 3.94. The molecule has 4 heteroatoms. The second-order valence-corrected chi connectivity index (χ2v) is 6.54. The highest BCUT2D eigenvalue weighted by Gasteiger charge is 2.20. The Bertz CT molecular complexity index is 283. The minimum Gasteiger partial charge on any atom is -0.359 e. The van der Waals surface area contributed by atoms with Gasteiger partial charge in [-0.1, -0.05) is 53.9 Å². The number of carbonyl (C=O) groups is 2. The first-order valence-electron chi connectivity index (χ1n) is 9.36. The highest BCUT2D eigenvalue weighted by Crippen LogP contribution is 2.06. The average Bonchev–Trinajstić information content (AvgIpc) is 3.02. The number of hydrogen-bond acceptors (Lipinski definition) is 3. The molecule has 23 heavy (non-hydrogen) atoms. The molecule has 138 valence electrons. The zero-order valence-electron chi connectivity index (χ0n) is 16.3. The van der Waals surface area contributed by atoms with Crippen molar-refractivity contribution >= 4 is 11.7 Å². The van der Waals surface area contributed by atoms with Crippen LogP contribution in [0.2, 0.25) is 0 Å². The number of unbranched alkanes of at least 4 members (excludes halogenated alkanes) is 2. The van der Waals surface area contributed by atoms with Gasteiger partial charge in [0.15, 0.2) is 0 Å². The lowest BCUT2D eigenvalue weighted by Gasteiger charge is -2.03. The SMILES string of the molecule is CCCC(=O)CC(C)C.CCCCC.CNC(=O)C1CCNC1. The number of nitrogens with one attached hydrogen (secondary N) is 2. The van der Waals surface area contributed by atoms with Crippen LogP contribution in [0.4, 0.5) is 0 Å². The summed E-state index contributed by atoms with van der Waals surface area (Å²) < 4.78 is 0. The molecule has 1 heterocycles. The van der Waals surface area contributed by atoms with Crippen LogP contribution in [-0.2, 0) is 9.59 Å². The second-order valence-electron chi connectivity index (χ2n) is 6.54. The maximum atomic E-state index is 10.9. The van der Waals surface area contributed by atoms with Gasteiger partial charge in [-0.05, 0) is 25.3 Å². The third-order valence-corrected chi connectivity index (χ3v) is 3.55. The Balaban J connectivity index is 0. The Morgan fingerprint density at radius 3 is 2.04 bits per heavy atom. The molecule has 0 radical (unpaired) electrons. The lowest BCUT2D eigenvalue weighted by molar-refractivity contribution is -0.124. The highest BCUT2D eigenvalue weighted by molar-refractivity contribution is 5.79. The topological polar surface area (TPSA) is 58.2 Å². The molecule has 1 unspecified atom stereocenters. The number of carbonyl (C=O) groups excluding carboxylic acids is 2. The monoisotopic (exact) mass is 328 g/mol. The fourth-order valence-corrected chi connectivity index (χ4v) is 2.27. The number of amides is 1. The van der Waals surface area contributed by atoms with E-state index in [1.54, 1.807) is 7.05 Å². The quantitative estimate of drug-likeness (QED) is 0.744. The van der Waals surface area contributed by atoms with Crippen LogP contribution >= 0.6 is 0 Å². The van der Waals surface area contributed by atoms with E-state index >= 15 is 0 Å². The summed E-state index contributed by atoms with van der Waals surface area (Å²) in [7, 11) is 1.68. The van der Waals surface area contributed by atoms with Crippen LogP contribution in [0, 0.1) is 11.8 Å². The fourth-order valence-electron chi connectivity index (χ4n) is 2.27. The van der Waals surface area contributed by atoms with E-state index in [-0.39, 0.29) is 11.8 Å². The third kappa shape index (κ3) is 17.3. The number of hydrogen-bond donors (Lipinski definition) is 2. The summed E-state index contributed by atoms with van der Waals surface area (Å²) in [6.07, 6.45) is 7.57. The molecular weight excluding hydrogens is 288 g/mol. The van der Waals surface area contributed by atoms with E-state index in [0.29, 0.717) is 11.7 Å². The zero-order chi connectivity index (χ0) is 18.1. The standard InChI is InChI=1S/C8H16O.C6H12N2O.C5H12/c1-4-5-8(9)6-7(2)3;1-7-6(9)5-2-3-8-4-5;1-3-5-4-2/h7H,4-6H2,1-3H3;5,8H,2-4H2,1H3,(H,7,9);3-5H2,1-2H3. The molecule has 1 aliphatic rings. The molecule has 0 aliphatic carbocycles. The molecule has 0 aromatic rings. The van der Waals surface area contributed by atoms with Crippen LogP contribution in [0.5, 0.6) is 0 Å². The predicted molar refractivity (Wildman–Crippen MR) is 99.6 cm³/mol. The van der Waals surface area contributed by atoms with Gasteiger partial charge >= 0.3 is 0 Å². The maximum absolute atomic E-state index is 10.9. The van der Waals surface area contributed by atoms with Gasteiger partial charge in [0.1, 0.15) is 5.78 Å². The lowest BCUT2D eigenvalue weighted by Crippen LogP contribution is -2.28. The van der Waals surface area contributed by atoms with Crippen molar-refractivity contribution in [2.75, 3.05) is 20.1 Å².